The molecule has 0 spiro atoms. The molecule has 1 fully saturated rings. The van der Waals surface area contributed by atoms with Crippen molar-refractivity contribution >= 4 is 35.3 Å². The third kappa shape index (κ3) is 4.59. The quantitative estimate of drug-likeness (QED) is 0.332. The van der Waals surface area contributed by atoms with Crippen LogP contribution in [0.4, 0.5) is 17.5 Å². The van der Waals surface area contributed by atoms with E-state index < -0.39 is 23.9 Å². The van der Waals surface area contributed by atoms with Crippen LogP contribution in [0.2, 0.25) is 0 Å². The lowest BCUT2D eigenvalue weighted by Gasteiger charge is -2.26. The third-order valence-corrected chi connectivity index (χ3v) is 6.06. The van der Waals surface area contributed by atoms with Crippen LogP contribution in [0.15, 0.2) is 29.1 Å². The number of anilines is 3. The van der Waals surface area contributed by atoms with Crippen molar-refractivity contribution in [2.45, 2.75) is 24.8 Å². The number of carbonyl (C=O) groups is 3. The molecule has 1 saturated heterocycles. The first-order chi connectivity index (χ1) is 15.7. The molecule has 2 aliphatic rings. The van der Waals surface area contributed by atoms with Gasteiger partial charge < -0.3 is 31.5 Å². The minimum absolute atomic E-state index is 0.00775. The molecule has 2 aliphatic heterocycles. The number of H-pyrrole nitrogens is 1. The number of nitrogens with one attached hydrogen (secondary N) is 3. The van der Waals surface area contributed by atoms with E-state index in [9.17, 15) is 24.3 Å². The number of carboxylic acids is 2. The predicted molar refractivity (Wildman–Crippen MR) is 118 cm³/mol. The molecule has 3 atom stereocenters. The van der Waals surface area contributed by atoms with Gasteiger partial charge in [0.05, 0.1) is 5.56 Å². The second-order valence-electron chi connectivity index (χ2n) is 8.21. The summed E-state index contributed by atoms with van der Waals surface area (Å²) < 4.78 is 0. The van der Waals surface area contributed by atoms with E-state index in [1.54, 1.807) is 24.3 Å². The average molecular weight is 456 g/mol. The van der Waals surface area contributed by atoms with Crippen molar-refractivity contribution in [2.75, 3.05) is 35.6 Å². The number of aliphatic carboxylic acids is 2. The molecule has 1 aromatic heterocycles. The number of benzene rings is 1. The van der Waals surface area contributed by atoms with Crippen LogP contribution in [0.1, 0.15) is 34.7 Å². The molecule has 3 heterocycles. The molecule has 0 saturated carbocycles. The summed E-state index contributed by atoms with van der Waals surface area (Å²) in [5.41, 5.74) is 7.12. The fourth-order valence-corrected chi connectivity index (χ4v) is 4.41. The fourth-order valence-electron chi connectivity index (χ4n) is 4.41. The van der Waals surface area contributed by atoms with E-state index >= 15 is 0 Å². The molecule has 33 heavy (non-hydrogen) atoms. The summed E-state index contributed by atoms with van der Waals surface area (Å²) in [6.07, 6.45) is -0.573. The number of amides is 1. The van der Waals surface area contributed by atoms with Gasteiger partial charge in [-0.25, -0.2) is 4.79 Å². The van der Waals surface area contributed by atoms with Crippen molar-refractivity contribution < 1.29 is 24.6 Å². The molecule has 12 nitrogen and oxygen atoms in total. The first-order valence-electron chi connectivity index (χ1n) is 10.5. The number of aromatic nitrogens is 2. The van der Waals surface area contributed by atoms with Crippen LogP contribution in [0, 0.1) is 5.92 Å². The maximum Gasteiger partial charge on any atom is 0.326 e. The summed E-state index contributed by atoms with van der Waals surface area (Å²) in [5, 5.41) is 23.5. The molecule has 174 valence electrons. The molecule has 0 bridgehead atoms. The summed E-state index contributed by atoms with van der Waals surface area (Å²) in [4.78, 5) is 55.8. The predicted octanol–water partition coefficient (Wildman–Crippen LogP) is 0.0454. The van der Waals surface area contributed by atoms with Crippen molar-refractivity contribution in [3.8, 4) is 0 Å². The topological polar surface area (TPSA) is 191 Å². The van der Waals surface area contributed by atoms with Crippen LogP contribution >= 0.6 is 0 Å². The van der Waals surface area contributed by atoms with E-state index in [2.05, 4.69) is 25.5 Å². The third-order valence-electron chi connectivity index (χ3n) is 6.06. The van der Waals surface area contributed by atoms with Gasteiger partial charge in [-0.15, -0.1) is 0 Å². The van der Waals surface area contributed by atoms with E-state index in [-0.39, 0.29) is 41.7 Å². The van der Waals surface area contributed by atoms with Crippen LogP contribution in [-0.2, 0) is 9.59 Å². The minimum Gasteiger partial charge on any atom is -0.481 e. The Morgan fingerprint density at radius 1 is 1.21 bits per heavy atom. The summed E-state index contributed by atoms with van der Waals surface area (Å²) in [6, 6.07) is 5.41. The van der Waals surface area contributed by atoms with Gasteiger partial charge in [-0.05, 0) is 30.7 Å². The molecule has 7 N–H and O–H groups in total. The molecular weight excluding hydrogens is 432 g/mol. The zero-order chi connectivity index (χ0) is 23.7. The fraction of sp³-hybridized carbons (Fsp3) is 0.381. The Bertz CT molecular complexity index is 1150. The van der Waals surface area contributed by atoms with Crippen molar-refractivity contribution in [1.82, 2.24) is 15.3 Å². The maximum atomic E-state index is 12.5. The van der Waals surface area contributed by atoms with Crippen molar-refractivity contribution in [1.29, 1.82) is 0 Å². The van der Waals surface area contributed by atoms with E-state index in [0.29, 0.717) is 31.0 Å². The van der Waals surface area contributed by atoms with E-state index in [1.165, 1.54) is 0 Å². The largest absolute Gasteiger partial charge is 0.481 e. The molecule has 4 rings (SSSR count). The summed E-state index contributed by atoms with van der Waals surface area (Å²) in [5.74, 6) is -2.23. The van der Waals surface area contributed by atoms with E-state index in [0.717, 1.165) is 5.69 Å². The minimum atomic E-state index is -1.29. The van der Waals surface area contributed by atoms with Gasteiger partial charge in [-0.1, -0.05) is 0 Å². The number of aromatic amines is 1. The average Bonchev–Trinajstić information content (AvgIpc) is 3.20. The molecule has 1 aromatic carbocycles. The number of hydrogen-bond acceptors (Lipinski definition) is 8. The van der Waals surface area contributed by atoms with Crippen LogP contribution in [0.25, 0.3) is 0 Å². The molecule has 12 heteroatoms. The van der Waals surface area contributed by atoms with Gasteiger partial charge in [-0.3, -0.25) is 19.4 Å². The zero-order valence-electron chi connectivity index (χ0n) is 17.6. The lowest BCUT2D eigenvalue weighted by atomic mass is 9.87. The van der Waals surface area contributed by atoms with Gasteiger partial charge in [0, 0.05) is 49.1 Å². The van der Waals surface area contributed by atoms with Gasteiger partial charge in [0.1, 0.15) is 11.9 Å². The highest BCUT2D eigenvalue weighted by Gasteiger charge is 2.40. The van der Waals surface area contributed by atoms with Crippen LogP contribution in [0.3, 0.4) is 0 Å². The van der Waals surface area contributed by atoms with Gasteiger partial charge in [0.2, 0.25) is 5.95 Å². The standard InChI is InChI=1S/C21H24N6O6/c22-21-25-17-16(19(31)26-21)13-9-27(8-11(13)7-23-17)12-3-1-10(2-4-12)18(30)24-14(20(32)33)5-6-15(28)29/h1-4,11,13-14H,5-9H2,(H,24,30)(H,28,29)(H,32,33)(H4,22,23,25,26,31)/t11?,13?,14-/m0/s1. The first-order valence-corrected chi connectivity index (χ1v) is 10.5. The highest BCUT2D eigenvalue weighted by atomic mass is 16.4. The Morgan fingerprint density at radius 2 is 1.94 bits per heavy atom. The Morgan fingerprint density at radius 3 is 2.61 bits per heavy atom. The first kappa shape index (κ1) is 22.1. The molecule has 0 radical (unpaired) electrons. The monoisotopic (exact) mass is 456 g/mol. The molecular formula is C21H24N6O6. The van der Waals surface area contributed by atoms with E-state index in [1.807, 2.05) is 0 Å². The molecule has 0 aliphatic carbocycles. The SMILES string of the molecule is Nc1nc2c(c(=O)[nH]1)C1CN(c3ccc(C(=O)N[C@@H](CCC(=O)O)C(=O)O)cc3)CC1CN2. The lowest BCUT2D eigenvalue weighted by molar-refractivity contribution is -0.140. The Hall–Kier alpha value is -4.09. The van der Waals surface area contributed by atoms with Gasteiger partial charge in [0.25, 0.3) is 11.5 Å². The van der Waals surface area contributed by atoms with Gasteiger partial charge >= 0.3 is 11.9 Å². The number of carboxylic acid groups (broad SMARTS) is 2. The normalized spacial score (nSPS) is 19.7. The number of fused-ring (bicyclic) bond motifs is 3. The highest BCUT2D eigenvalue weighted by molar-refractivity contribution is 5.97. The van der Waals surface area contributed by atoms with Crippen molar-refractivity contribution in [3.63, 3.8) is 0 Å². The molecule has 2 aromatic rings. The second kappa shape index (κ2) is 8.81. The number of hydrogen-bond donors (Lipinski definition) is 6. The Kier molecular flexibility index (Phi) is 5.90. The number of nitrogen functional groups attached to an aromatic ring is 1. The Labute approximate surface area is 187 Å². The lowest BCUT2D eigenvalue weighted by Crippen LogP contribution is -2.41. The van der Waals surface area contributed by atoms with Crippen LogP contribution < -0.4 is 26.8 Å². The van der Waals surface area contributed by atoms with E-state index in [4.69, 9.17) is 10.8 Å². The maximum absolute atomic E-state index is 12.5. The summed E-state index contributed by atoms with van der Waals surface area (Å²) >= 11 is 0. The number of rotatable bonds is 7. The van der Waals surface area contributed by atoms with Gasteiger partial charge in [-0.2, -0.15) is 4.98 Å². The van der Waals surface area contributed by atoms with Crippen molar-refractivity contribution in [2.24, 2.45) is 5.92 Å². The Balaban J connectivity index is 1.45. The zero-order valence-corrected chi connectivity index (χ0v) is 17.6. The summed E-state index contributed by atoms with van der Waals surface area (Å²) in [6.45, 7) is 1.98. The highest BCUT2D eigenvalue weighted by Crippen LogP contribution is 2.39. The number of carbonyl (C=O) groups excluding carboxylic acids is 1. The van der Waals surface area contributed by atoms with Gasteiger partial charge in [0.15, 0.2) is 0 Å². The molecule has 2 unspecified atom stereocenters. The molecule has 1 amide bonds. The number of nitrogens with zero attached hydrogens (tertiary/aromatic N) is 2. The van der Waals surface area contributed by atoms with Crippen LogP contribution in [-0.4, -0.2) is 63.7 Å². The second-order valence-corrected chi connectivity index (χ2v) is 8.21. The van der Waals surface area contributed by atoms with Crippen LogP contribution in [0.5, 0.6) is 0 Å². The number of nitrogens with two attached hydrogens (primary N) is 1. The van der Waals surface area contributed by atoms with Crippen molar-refractivity contribution in [3.05, 3.63) is 45.7 Å². The summed E-state index contributed by atoms with van der Waals surface area (Å²) in [7, 11) is 0. The smallest absolute Gasteiger partial charge is 0.326 e.